The van der Waals surface area contributed by atoms with E-state index in [0.717, 1.165) is 11.1 Å². The van der Waals surface area contributed by atoms with Crippen LogP contribution in [0.2, 0.25) is 0 Å². The summed E-state index contributed by atoms with van der Waals surface area (Å²) in [7, 11) is 0. The SMILES string of the molecule is CCOC(=O)c1cc([C@H]2c3ccccc3CO[C@@H]2[C@@H](COC(C)=O)OC(C)=O)oc1C. The van der Waals surface area contributed by atoms with Gasteiger partial charge in [-0.1, -0.05) is 24.3 Å². The topological polar surface area (TPSA) is 101 Å². The molecule has 3 atom stereocenters. The molecule has 1 aliphatic rings. The molecule has 2 heterocycles. The zero-order chi connectivity index (χ0) is 22.5. The molecular weight excluding hydrogens is 404 g/mol. The van der Waals surface area contributed by atoms with E-state index in [1.54, 1.807) is 19.9 Å². The third kappa shape index (κ3) is 5.14. The summed E-state index contributed by atoms with van der Waals surface area (Å²) >= 11 is 0. The lowest BCUT2D eigenvalue weighted by Gasteiger charge is -2.36. The number of hydrogen-bond acceptors (Lipinski definition) is 8. The lowest BCUT2D eigenvalue weighted by Crippen LogP contribution is -2.43. The Hall–Kier alpha value is -3.13. The van der Waals surface area contributed by atoms with Crippen molar-refractivity contribution in [3.8, 4) is 0 Å². The number of hydrogen-bond donors (Lipinski definition) is 0. The van der Waals surface area contributed by atoms with E-state index in [9.17, 15) is 14.4 Å². The van der Waals surface area contributed by atoms with E-state index in [1.165, 1.54) is 13.8 Å². The number of rotatable bonds is 7. The number of furan rings is 1. The number of ether oxygens (including phenoxy) is 4. The maximum Gasteiger partial charge on any atom is 0.341 e. The number of esters is 3. The predicted octanol–water partition coefficient (Wildman–Crippen LogP) is 3.29. The molecule has 1 aromatic heterocycles. The van der Waals surface area contributed by atoms with Crippen LogP contribution in [-0.4, -0.2) is 43.3 Å². The first-order chi connectivity index (χ1) is 14.8. The van der Waals surface area contributed by atoms with Gasteiger partial charge in [0.15, 0.2) is 6.10 Å². The predicted molar refractivity (Wildman–Crippen MR) is 108 cm³/mol. The number of carbonyl (C=O) groups is 3. The molecule has 0 amide bonds. The Morgan fingerprint density at radius 1 is 1.13 bits per heavy atom. The van der Waals surface area contributed by atoms with Gasteiger partial charge >= 0.3 is 17.9 Å². The molecule has 1 aliphatic heterocycles. The molecule has 2 aromatic rings. The zero-order valence-electron chi connectivity index (χ0n) is 18.0. The first-order valence-electron chi connectivity index (χ1n) is 10.1. The summed E-state index contributed by atoms with van der Waals surface area (Å²) in [5, 5.41) is 0. The second kappa shape index (κ2) is 9.78. The zero-order valence-corrected chi connectivity index (χ0v) is 18.0. The van der Waals surface area contributed by atoms with Crippen LogP contribution < -0.4 is 0 Å². The van der Waals surface area contributed by atoms with Crippen molar-refractivity contribution in [1.82, 2.24) is 0 Å². The molecule has 31 heavy (non-hydrogen) atoms. The molecule has 0 saturated heterocycles. The first-order valence-corrected chi connectivity index (χ1v) is 10.1. The van der Waals surface area contributed by atoms with E-state index in [2.05, 4.69) is 0 Å². The molecule has 0 bridgehead atoms. The van der Waals surface area contributed by atoms with Gasteiger partial charge in [-0.15, -0.1) is 0 Å². The molecule has 0 fully saturated rings. The fourth-order valence-corrected chi connectivity index (χ4v) is 3.74. The van der Waals surface area contributed by atoms with Gasteiger partial charge in [-0.2, -0.15) is 0 Å². The average Bonchev–Trinajstić information content (AvgIpc) is 3.11. The summed E-state index contributed by atoms with van der Waals surface area (Å²) in [4.78, 5) is 35.4. The Balaban J connectivity index is 2.05. The van der Waals surface area contributed by atoms with E-state index < -0.39 is 36.0 Å². The third-order valence-electron chi connectivity index (χ3n) is 5.02. The van der Waals surface area contributed by atoms with Crippen LogP contribution >= 0.6 is 0 Å². The third-order valence-corrected chi connectivity index (χ3v) is 5.02. The van der Waals surface area contributed by atoms with Crippen LogP contribution in [0.15, 0.2) is 34.7 Å². The van der Waals surface area contributed by atoms with Gasteiger partial charge in [-0.3, -0.25) is 9.59 Å². The van der Waals surface area contributed by atoms with Crippen LogP contribution in [0.4, 0.5) is 0 Å². The van der Waals surface area contributed by atoms with Crippen molar-refractivity contribution in [1.29, 1.82) is 0 Å². The largest absolute Gasteiger partial charge is 0.465 e. The maximum atomic E-state index is 12.3. The van der Waals surface area contributed by atoms with E-state index >= 15 is 0 Å². The van der Waals surface area contributed by atoms with Crippen LogP contribution in [0.25, 0.3) is 0 Å². The normalized spacial score (nSPS) is 18.6. The van der Waals surface area contributed by atoms with Crippen LogP contribution in [0.1, 0.15) is 59.7 Å². The standard InChI is InChI=1S/C23H26O8/c1-5-27-23(26)18-10-19(30-13(18)2)21-17-9-7-6-8-16(17)11-29-22(21)20(31-15(4)25)12-28-14(3)24/h6-10,20-22H,5,11-12H2,1-4H3/t20-,21-,22-/m1/s1. The summed E-state index contributed by atoms with van der Waals surface area (Å²) < 4.78 is 27.7. The first kappa shape index (κ1) is 22.6. The maximum absolute atomic E-state index is 12.3. The van der Waals surface area contributed by atoms with Gasteiger partial charge in [-0.05, 0) is 31.0 Å². The molecule has 0 radical (unpaired) electrons. The summed E-state index contributed by atoms with van der Waals surface area (Å²) in [5.41, 5.74) is 2.19. The minimum absolute atomic E-state index is 0.164. The second-order valence-electron chi connectivity index (χ2n) is 7.24. The summed E-state index contributed by atoms with van der Waals surface area (Å²) in [6.45, 7) is 6.34. The highest BCUT2D eigenvalue weighted by Gasteiger charge is 2.41. The average molecular weight is 430 g/mol. The summed E-state index contributed by atoms with van der Waals surface area (Å²) in [6, 6.07) is 9.30. The summed E-state index contributed by atoms with van der Waals surface area (Å²) in [6.07, 6.45) is -1.56. The molecule has 0 spiro atoms. The smallest absolute Gasteiger partial charge is 0.341 e. The fraction of sp³-hybridized carbons (Fsp3) is 0.435. The molecule has 8 nitrogen and oxygen atoms in total. The van der Waals surface area contributed by atoms with Gasteiger partial charge in [0.1, 0.15) is 29.8 Å². The van der Waals surface area contributed by atoms with Crippen LogP contribution in [0.5, 0.6) is 0 Å². The Kier molecular flexibility index (Phi) is 7.12. The monoisotopic (exact) mass is 430 g/mol. The molecule has 1 aromatic carbocycles. The number of aryl methyl sites for hydroxylation is 1. The molecule has 0 unspecified atom stereocenters. The fourth-order valence-electron chi connectivity index (χ4n) is 3.74. The Morgan fingerprint density at radius 2 is 1.87 bits per heavy atom. The highest BCUT2D eigenvalue weighted by molar-refractivity contribution is 5.90. The van der Waals surface area contributed by atoms with Gasteiger partial charge in [0.05, 0.1) is 19.1 Å². The van der Waals surface area contributed by atoms with Crippen LogP contribution in [-0.2, 0) is 35.1 Å². The van der Waals surface area contributed by atoms with Crippen molar-refractivity contribution in [3.63, 3.8) is 0 Å². The van der Waals surface area contributed by atoms with Crippen LogP contribution in [0, 0.1) is 6.92 Å². The molecule has 0 aliphatic carbocycles. The van der Waals surface area contributed by atoms with Crippen molar-refractivity contribution < 1.29 is 37.7 Å². The van der Waals surface area contributed by atoms with Gasteiger partial charge in [-0.25, -0.2) is 4.79 Å². The van der Waals surface area contributed by atoms with E-state index in [1.807, 2.05) is 24.3 Å². The molecule has 3 rings (SSSR count). The van der Waals surface area contributed by atoms with Gasteiger partial charge in [0, 0.05) is 13.8 Å². The molecule has 8 heteroatoms. The highest BCUT2D eigenvalue weighted by Crippen LogP contribution is 2.40. The van der Waals surface area contributed by atoms with Crippen molar-refractivity contribution in [2.45, 2.75) is 52.4 Å². The summed E-state index contributed by atoms with van der Waals surface area (Å²) in [5.74, 6) is -1.11. The Labute approximate surface area is 180 Å². The van der Waals surface area contributed by atoms with E-state index in [0.29, 0.717) is 23.7 Å². The Morgan fingerprint density at radius 3 is 2.55 bits per heavy atom. The van der Waals surface area contributed by atoms with Crippen molar-refractivity contribution in [2.24, 2.45) is 0 Å². The minimum atomic E-state index is -0.865. The minimum Gasteiger partial charge on any atom is -0.465 e. The Bertz CT molecular complexity index is 960. The van der Waals surface area contributed by atoms with Gasteiger partial charge in [0.2, 0.25) is 0 Å². The highest BCUT2D eigenvalue weighted by atomic mass is 16.6. The van der Waals surface area contributed by atoms with Crippen LogP contribution in [0.3, 0.4) is 0 Å². The lowest BCUT2D eigenvalue weighted by molar-refractivity contribution is -0.170. The molecular formula is C23H26O8. The van der Waals surface area contributed by atoms with Gasteiger partial charge in [0.25, 0.3) is 0 Å². The molecule has 166 valence electrons. The number of fused-ring (bicyclic) bond motifs is 1. The quantitative estimate of drug-likeness (QED) is 0.487. The number of carbonyl (C=O) groups excluding carboxylic acids is 3. The van der Waals surface area contributed by atoms with Gasteiger partial charge < -0.3 is 23.4 Å². The van der Waals surface area contributed by atoms with E-state index in [-0.39, 0.29) is 13.2 Å². The second-order valence-corrected chi connectivity index (χ2v) is 7.24. The lowest BCUT2D eigenvalue weighted by atomic mass is 9.83. The van der Waals surface area contributed by atoms with Crippen molar-refractivity contribution >= 4 is 17.9 Å². The van der Waals surface area contributed by atoms with E-state index in [4.69, 9.17) is 23.4 Å². The van der Waals surface area contributed by atoms with Crippen molar-refractivity contribution in [2.75, 3.05) is 13.2 Å². The molecule has 0 saturated carbocycles. The molecule has 0 N–H and O–H groups in total. The number of benzene rings is 1. The van der Waals surface area contributed by atoms with Crippen molar-refractivity contribution in [3.05, 3.63) is 58.5 Å².